The minimum atomic E-state index is 0.779. The van der Waals surface area contributed by atoms with Crippen LogP contribution < -0.4 is 9.47 Å². The molecule has 2 nitrogen and oxygen atoms in total. The van der Waals surface area contributed by atoms with E-state index >= 15 is 0 Å². The first-order valence-electron chi connectivity index (χ1n) is 19.4. The van der Waals surface area contributed by atoms with Crippen molar-refractivity contribution in [3.63, 3.8) is 0 Å². The predicted octanol–water partition coefficient (Wildman–Crippen LogP) is 14.1. The number of aryl methyl sites for hydroxylation is 1. The molecule has 7 aromatic carbocycles. The second kappa shape index (κ2) is 14.4. The number of ether oxygens (including phenoxy) is 2. The Hall–Kier alpha value is -3.78. The summed E-state index contributed by atoms with van der Waals surface area (Å²) in [5, 5.41) is 16.4. The average molecular weight is 637 g/mol. The highest BCUT2D eigenvalue weighted by molar-refractivity contribution is 6.40. The van der Waals surface area contributed by atoms with Crippen molar-refractivity contribution in [3.05, 3.63) is 72.3 Å². The third-order valence-electron chi connectivity index (χ3n) is 11.4. The average Bonchev–Trinajstić information content (AvgIpc) is 3.63. The molecule has 4 bridgehead atoms. The smallest absolute Gasteiger partial charge is 0.127 e. The lowest BCUT2D eigenvalue weighted by Crippen LogP contribution is -1.98. The van der Waals surface area contributed by atoms with E-state index in [0.29, 0.717) is 0 Å². The minimum Gasteiger partial charge on any atom is -0.493 e. The molecule has 48 heavy (non-hydrogen) atoms. The molecule has 0 atom stereocenters. The topological polar surface area (TPSA) is 18.5 Å². The van der Waals surface area contributed by atoms with Gasteiger partial charge < -0.3 is 9.47 Å². The fourth-order valence-corrected chi connectivity index (χ4v) is 8.97. The van der Waals surface area contributed by atoms with E-state index in [1.54, 1.807) is 0 Å². The van der Waals surface area contributed by atoms with Crippen LogP contribution in [0.25, 0.3) is 64.6 Å². The summed E-state index contributed by atoms with van der Waals surface area (Å²) in [5.74, 6) is 2.12. The Balaban J connectivity index is 1.36. The first kappa shape index (κ1) is 31.5. The normalized spacial score (nSPS) is 16.3. The minimum absolute atomic E-state index is 0.779. The van der Waals surface area contributed by atoms with Crippen molar-refractivity contribution < 1.29 is 9.47 Å². The highest BCUT2D eigenvalue weighted by atomic mass is 16.5. The summed E-state index contributed by atoms with van der Waals surface area (Å²) in [6.45, 7) is 3.84. The first-order valence-corrected chi connectivity index (χ1v) is 19.4. The van der Waals surface area contributed by atoms with Gasteiger partial charge in [-0.2, -0.15) is 0 Å². The summed E-state index contributed by atoms with van der Waals surface area (Å²) >= 11 is 0. The maximum absolute atomic E-state index is 6.72. The highest BCUT2D eigenvalue weighted by Crippen LogP contribution is 2.51. The summed E-state index contributed by atoms with van der Waals surface area (Å²) in [7, 11) is 0. The molecule has 1 aliphatic heterocycles. The van der Waals surface area contributed by atoms with Gasteiger partial charge in [-0.25, -0.2) is 0 Å². The van der Waals surface area contributed by atoms with Crippen molar-refractivity contribution in [2.75, 3.05) is 13.2 Å². The first-order chi connectivity index (χ1) is 23.8. The molecular weight excluding hydrogens is 585 g/mol. The van der Waals surface area contributed by atoms with Gasteiger partial charge in [-0.1, -0.05) is 139 Å². The van der Waals surface area contributed by atoms with Crippen LogP contribution in [-0.2, 0) is 6.42 Å². The van der Waals surface area contributed by atoms with Crippen LogP contribution in [0.15, 0.2) is 66.7 Å². The van der Waals surface area contributed by atoms with Crippen LogP contribution in [0.2, 0.25) is 0 Å². The second-order valence-electron chi connectivity index (χ2n) is 14.6. The van der Waals surface area contributed by atoms with Crippen LogP contribution in [0.1, 0.15) is 115 Å². The third kappa shape index (κ3) is 5.80. The van der Waals surface area contributed by atoms with Gasteiger partial charge in [-0.3, -0.25) is 0 Å². The zero-order valence-electron chi connectivity index (χ0n) is 29.1. The molecule has 0 spiro atoms. The molecule has 0 fully saturated rings. The van der Waals surface area contributed by atoms with Crippen molar-refractivity contribution in [1.29, 1.82) is 0 Å². The zero-order chi connectivity index (χ0) is 32.3. The molecule has 0 unspecified atom stereocenters. The molecule has 0 aliphatic carbocycles. The van der Waals surface area contributed by atoms with E-state index in [-0.39, 0.29) is 0 Å². The van der Waals surface area contributed by atoms with E-state index in [2.05, 4.69) is 73.7 Å². The monoisotopic (exact) mass is 636 g/mol. The molecule has 0 saturated carbocycles. The molecular formula is C46H52O2. The van der Waals surface area contributed by atoms with Gasteiger partial charge in [0.15, 0.2) is 0 Å². The van der Waals surface area contributed by atoms with Crippen LogP contribution in [0.4, 0.5) is 0 Å². The number of hydrogen-bond acceptors (Lipinski definition) is 2. The largest absolute Gasteiger partial charge is 0.493 e. The Morgan fingerprint density at radius 2 is 1.19 bits per heavy atom. The van der Waals surface area contributed by atoms with Gasteiger partial charge in [-0.15, -0.1) is 0 Å². The van der Waals surface area contributed by atoms with Crippen LogP contribution in [0.5, 0.6) is 11.5 Å². The van der Waals surface area contributed by atoms with Crippen molar-refractivity contribution in [1.82, 2.24) is 0 Å². The molecule has 0 radical (unpaired) electrons. The van der Waals surface area contributed by atoms with Crippen LogP contribution in [0.3, 0.4) is 0 Å². The van der Waals surface area contributed by atoms with Gasteiger partial charge >= 0.3 is 0 Å². The van der Waals surface area contributed by atoms with E-state index in [1.165, 1.54) is 160 Å². The predicted molar refractivity (Wildman–Crippen MR) is 208 cm³/mol. The van der Waals surface area contributed by atoms with Gasteiger partial charge in [0, 0.05) is 21.5 Å². The van der Waals surface area contributed by atoms with E-state index < -0.39 is 0 Å². The molecule has 0 N–H and O–H groups in total. The molecule has 0 saturated heterocycles. The second-order valence-corrected chi connectivity index (χ2v) is 14.6. The number of fused-ring (bicyclic) bond motifs is 4. The summed E-state index contributed by atoms with van der Waals surface area (Å²) in [5.41, 5.74) is 1.52. The van der Waals surface area contributed by atoms with Gasteiger partial charge in [-0.05, 0) is 92.5 Å². The summed E-state index contributed by atoms with van der Waals surface area (Å²) in [6, 6.07) is 25.4. The maximum atomic E-state index is 6.72. The molecule has 248 valence electrons. The molecule has 2 heteroatoms. The quantitative estimate of drug-likeness (QED) is 0.169. The molecule has 7 aromatic rings. The van der Waals surface area contributed by atoms with Crippen LogP contribution in [0, 0.1) is 0 Å². The Labute approximate surface area is 286 Å². The molecule has 0 amide bonds. The number of rotatable bonds is 6. The van der Waals surface area contributed by atoms with Gasteiger partial charge in [0.1, 0.15) is 11.5 Å². The number of unbranched alkanes of at least 4 members (excludes halogenated alkanes) is 3. The molecule has 1 heterocycles. The Bertz CT molecular complexity index is 2140. The fraction of sp³-hybridized carbons (Fsp3) is 0.435. The van der Waals surface area contributed by atoms with E-state index in [9.17, 15) is 0 Å². The third-order valence-corrected chi connectivity index (χ3v) is 11.4. The van der Waals surface area contributed by atoms with E-state index in [4.69, 9.17) is 9.47 Å². The van der Waals surface area contributed by atoms with Crippen molar-refractivity contribution >= 4 is 64.6 Å². The van der Waals surface area contributed by atoms with Crippen molar-refractivity contribution in [3.8, 4) is 11.5 Å². The van der Waals surface area contributed by atoms with Crippen LogP contribution in [-0.4, -0.2) is 13.2 Å². The van der Waals surface area contributed by atoms with Crippen molar-refractivity contribution in [2.24, 2.45) is 0 Å². The lowest BCUT2D eigenvalue weighted by Gasteiger charge is -2.13. The summed E-state index contributed by atoms with van der Waals surface area (Å²) in [4.78, 5) is 0. The molecule has 1 aliphatic rings. The van der Waals surface area contributed by atoms with Gasteiger partial charge in [0.05, 0.1) is 13.2 Å². The summed E-state index contributed by atoms with van der Waals surface area (Å²) < 4.78 is 13.4. The fourth-order valence-electron chi connectivity index (χ4n) is 8.97. The lowest BCUT2D eigenvalue weighted by molar-refractivity contribution is 0.308. The molecule has 8 rings (SSSR count). The number of hydrogen-bond donors (Lipinski definition) is 0. The van der Waals surface area contributed by atoms with E-state index in [1.807, 2.05) is 0 Å². The number of benzene rings is 5. The SMILES string of the molecule is CCCCCCOc1ccc2cccc3c4cc5c6c(c4c1c23)CCCCCCCCCCCCCCOc1ccc2cccc6c2c15. The van der Waals surface area contributed by atoms with Gasteiger partial charge in [0.2, 0.25) is 0 Å². The zero-order valence-corrected chi connectivity index (χ0v) is 29.1. The van der Waals surface area contributed by atoms with E-state index in [0.717, 1.165) is 44.0 Å². The highest BCUT2D eigenvalue weighted by Gasteiger charge is 2.25. The Morgan fingerprint density at radius 1 is 0.521 bits per heavy atom. The molecule has 0 aromatic heterocycles. The van der Waals surface area contributed by atoms with Gasteiger partial charge in [0.25, 0.3) is 0 Å². The maximum Gasteiger partial charge on any atom is 0.127 e. The van der Waals surface area contributed by atoms with Crippen molar-refractivity contribution in [2.45, 2.75) is 116 Å². The lowest BCUT2D eigenvalue weighted by atomic mass is 9.94. The van der Waals surface area contributed by atoms with Crippen LogP contribution >= 0.6 is 0 Å². The summed E-state index contributed by atoms with van der Waals surface area (Å²) in [6.07, 6.45) is 21.8. The Kier molecular flexibility index (Phi) is 9.43. The Morgan fingerprint density at radius 3 is 1.94 bits per heavy atom. The standard InChI is InChI=1S/C46H52O2/c1-2-3-4-16-29-48-40-28-26-32-20-18-23-34-37-31-38-43-35-24-19-21-33-25-27-39(45(38)42(33)35)47-30-17-14-12-10-8-6-5-7-9-11-13-15-22-36(43)44(37)46(40)41(32)34/h18-21,23-28,31H,2-17,22,29-30H2,1H3.